The quantitative estimate of drug-likeness (QED) is 0.0315. The molecule has 2 rings (SSSR count). The number of carbonyl (C=O) groups excluding carboxylic acids is 2. The molecule has 4 unspecified atom stereocenters. The molecule has 0 heterocycles. The van der Waals surface area contributed by atoms with Crippen molar-refractivity contribution in [2.24, 2.45) is 5.41 Å². The smallest absolute Gasteiger partial charge is 0.332 e. The van der Waals surface area contributed by atoms with E-state index in [1.54, 1.807) is 152 Å². The lowest BCUT2D eigenvalue weighted by Gasteiger charge is -2.80. The van der Waals surface area contributed by atoms with Gasteiger partial charge in [-0.25, -0.2) is 9.59 Å². The molecule has 0 bridgehead atoms. The molecule has 24 nitrogen and oxygen atoms in total. The fourth-order valence-corrected chi connectivity index (χ4v) is 13.9. The first-order valence-electron chi connectivity index (χ1n) is 31.1. The Morgan fingerprint density at radius 3 is 0.529 bits per heavy atom. The molecule has 0 aromatic rings. The van der Waals surface area contributed by atoms with Crippen LogP contribution in [-0.4, -0.2) is 213 Å². The van der Waals surface area contributed by atoms with Gasteiger partial charge in [-0.15, -0.1) is 0 Å². The van der Waals surface area contributed by atoms with E-state index in [0.29, 0.717) is 0 Å². The van der Waals surface area contributed by atoms with Crippen LogP contribution in [0, 0.1) is 5.41 Å². The minimum atomic E-state index is -3.24. The summed E-state index contributed by atoms with van der Waals surface area (Å²) in [5.41, 5.74) is -8.99. The minimum absolute atomic E-state index is 0.222. The summed E-state index contributed by atoms with van der Waals surface area (Å²) in [5, 5.41) is 0. The third-order valence-corrected chi connectivity index (χ3v) is 14.9. The van der Waals surface area contributed by atoms with Gasteiger partial charge in [0, 0.05) is 150 Å². The predicted octanol–water partition coefficient (Wildman–Crippen LogP) is 8.67. The summed E-state index contributed by atoms with van der Waals surface area (Å²) in [5.74, 6) is -31.9. The van der Waals surface area contributed by atoms with Crippen molar-refractivity contribution in [1.29, 1.82) is 0 Å². The van der Waals surface area contributed by atoms with Crippen LogP contribution in [0.2, 0.25) is 0 Å². The average Bonchev–Trinajstić information content (AvgIpc) is 0.616. The van der Waals surface area contributed by atoms with Crippen LogP contribution in [0.4, 0.5) is 0 Å². The highest BCUT2D eigenvalue weighted by Gasteiger charge is 3.08. The lowest BCUT2D eigenvalue weighted by Crippen LogP contribution is -3.06. The minimum Gasteiger partial charge on any atom is -0.420 e. The number of carbonyl (C=O) groups is 2. The second-order valence-electron chi connectivity index (χ2n) is 19.1. The van der Waals surface area contributed by atoms with Crippen molar-refractivity contribution in [2.75, 3.05) is 132 Å². The van der Waals surface area contributed by atoms with Gasteiger partial charge in [-0.1, -0.05) is 27.0 Å². The van der Waals surface area contributed by atoms with E-state index >= 15 is 9.59 Å². The van der Waals surface area contributed by atoms with Gasteiger partial charge in [-0.3, -0.25) is 0 Å². The number of esters is 2. The van der Waals surface area contributed by atoms with Crippen molar-refractivity contribution >= 4 is 11.9 Å². The largest absolute Gasteiger partial charge is 0.420 e. The van der Waals surface area contributed by atoms with Crippen molar-refractivity contribution in [2.45, 2.75) is 221 Å². The first-order chi connectivity index (χ1) is 40.6. The van der Waals surface area contributed by atoms with Crippen molar-refractivity contribution in [3.8, 4) is 0 Å². The summed E-state index contributed by atoms with van der Waals surface area (Å²) >= 11 is 0. The molecule has 0 amide bonds. The van der Waals surface area contributed by atoms with Crippen LogP contribution in [-0.2, 0) is 114 Å². The van der Waals surface area contributed by atoms with Gasteiger partial charge >= 0.3 is 35.1 Å². The van der Waals surface area contributed by atoms with Crippen LogP contribution in [0.25, 0.3) is 0 Å². The molecule has 85 heavy (non-hydrogen) atoms. The molecule has 2 aliphatic carbocycles. The summed E-state index contributed by atoms with van der Waals surface area (Å²) in [6, 6.07) is 0. The van der Waals surface area contributed by atoms with Gasteiger partial charge in [0.2, 0.25) is 11.2 Å². The summed E-state index contributed by atoms with van der Waals surface area (Å²) in [6.07, 6.45) is 1.82. The monoisotopic (exact) mass is 1230 g/mol. The second-order valence-corrected chi connectivity index (χ2v) is 19.1. The molecule has 500 valence electrons. The van der Waals surface area contributed by atoms with Crippen LogP contribution in [0.1, 0.15) is 152 Å². The first kappa shape index (κ1) is 78.7. The van der Waals surface area contributed by atoms with Gasteiger partial charge in [0.1, 0.15) is 0 Å². The SMILES string of the molecule is C=CC(=O)OC1(OCC)C(OCC)(OCC)C(OCC)(OCC)C(OCC)(OCC)C(OCC)(OCC)C1(OCC)C(C)(C)C1(OCC)C(OCC)(OCC)C(OCC)(OCC)C(OCC)(OCC)C(OCC)(OCC)C1(OCC)OC(=O)C=C. The topological polar surface area (TPSA) is 237 Å². The Kier molecular flexibility index (Phi) is 31.1. The molecule has 2 fully saturated rings. The van der Waals surface area contributed by atoms with E-state index in [-0.39, 0.29) is 106 Å². The number of hydrogen-bond acceptors (Lipinski definition) is 24. The molecule has 0 aliphatic heterocycles. The van der Waals surface area contributed by atoms with Gasteiger partial charge in [0.25, 0.3) is 34.7 Å². The van der Waals surface area contributed by atoms with Crippen molar-refractivity contribution in [1.82, 2.24) is 0 Å². The van der Waals surface area contributed by atoms with E-state index in [1.807, 2.05) is 0 Å². The van der Waals surface area contributed by atoms with E-state index in [0.717, 1.165) is 12.2 Å². The Morgan fingerprint density at radius 1 is 0.247 bits per heavy atom. The number of hydrogen-bond donors (Lipinski definition) is 0. The zero-order valence-electron chi connectivity index (χ0n) is 56.0. The molecule has 0 aromatic carbocycles. The zero-order chi connectivity index (χ0) is 64.8. The van der Waals surface area contributed by atoms with Crippen LogP contribution >= 0.6 is 0 Å². The highest BCUT2D eigenvalue weighted by molar-refractivity contribution is 5.82. The molecular weight excluding hydrogens is 1120 g/mol. The maximum atomic E-state index is 15.5. The Hall–Kier alpha value is -2.38. The normalized spacial score (nSPS) is 26.0. The Morgan fingerprint density at radius 2 is 0.376 bits per heavy atom. The summed E-state index contributed by atoms with van der Waals surface area (Å²) in [7, 11) is 0. The van der Waals surface area contributed by atoms with Gasteiger partial charge < -0.3 is 104 Å². The van der Waals surface area contributed by atoms with Crippen molar-refractivity contribution in [3.05, 3.63) is 25.3 Å². The molecule has 0 N–H and O–H groups in total. The lowest BCUT2D eigenvalue weighted by molar-refractivity contribution is -0.671. The molecule has 2 saturated carbocycles. The lowest BCUT2D eigenvalue weighted by atomic mass is 9.43. The van der Waals surface area contributed by atoms with Crippen LogP contribution in [0.3, 0.4) is 0 Å². The van der Waals surface area contributed by atoms with E-state index in [1.165, 1.54) is 0 Å². The first-order valence-corrected chi connectivity index (χ1v) is 31.1. The number of rotatable bonds is 46. The fourth-order valence-electron chi connectivity index (χ4n) is 13.9. The molecule has 0 spiro atoms. The van der Waals surface area contributed by atoms with E-state index in [4.69, 9.17) is 104 Å². The standard InChI is InChI=1S/C61H112O24/c1-25-47(62)84-54(70-33-9)50(64-27-3,52(66-29-5,67-30-6)56(72-35-11,73-36-12)60(80-43-19,81-44-20)58(54,76-39-15)77-40-16)49(23,24)51(65-28-4)53(68-31-7,69-32-8)57(74-37-13,75-38-14)61(82-45-21,83-46-22)59(78-41-17,79-42-18)55(51,71-34-10)85-48(63)26-2/h25-26H,1-2,27-46H2,3-24H3. The second kappa shape index (κ2) is 33.6. The van der Waals surface area contributed by atoms with Crippen LogP contribution < -0.4 is 0 Å². The third kappa shape index (κ3) is 10.9. The molecule has 0 radical (unpaired) electrons. The Bertz CT molecular complexity index is 1820. The van der Waals surface area contributed by atoms with Gasteiger partial charge in [0.05, 0.1) is 0 Å². The van der Waals surface area contributed by atoms with E-state index in [2.05, 4.69) is 13.2 Å². The van der Waals surface area contributed by atoms with Crippen LogP contribution in [0.5, 0.6) is 0 Å². The number of ether oxygens (including phenoxy) is 22. The Balaban J connectivity index is 4.84. The van der Waals surface area contributed by atoms with Crippen molar-refractivity contribution in [3.63, 3.8) is 0 Å². The van der Waals surface area contributed by atoms with Crippen molar-refractivity contribution < 1.29 is 114 Å². The summed E-state index contributed by atoms with van der Waals surface area (Å²) in [6.45, 7) is 38.7. The molecule has 0 aromatic heterocycles. The highest BCUT2D eigenvalue weighted by Crippen LogP contribution is 2.79. The fraction of sp³-hybridized carbons (Fsp3) is 0.902. The predicted molar refractivity (Wildman–Crippen MR) is 312 cm³/mol. The molecule has 24 heteroatoms. The summed E-state index contributed by atoms with van der Waals surface area (Å²) in [4.78, 5) is 31.1. The van der Waals surface area contributed by atoms with Gasteiger partial charge in [-0.05, 0) is 138 Å². The molecule has 0 saturated heterocycles. The summed E-state index contributed by atoms with van der Waals surface area (Å²) < 4.78 is 164. The highest BCUT2D eigenvalue weighted by atomic mass is 16.9. The molecule has 2 aliphatic rings. The van der Waals surface area contributed by atoms with E-state index in [9.17, 15) is 0 Å². The van der Waals surface area contributed by atoms with Crippen LogP contribution in [0.15, 0.2) is 25.3 Å². The van der Waals surface area contributed by atoms with Gasteiger partial charge in [0.15, 0.2) is 0 Å². The Labute approximate surface area is 508 Å². The van der Waals surface area contributed by atoms with Gasteiger partial charge in [-0.2, -0.15) is 0 Å². The van der Waals surface area contributed by atoms with E-state index < -0.39 is 113 Å². The third-order valence-electron chi connectivity index (χ3n) is 14.9. The molecule has 4 atom stereocenters. The maximum Gasteiger partial charge on any atom is 0.332 e. The zero-order valence-corrected chi connectivity index (χ0v) is 56.0. The average molecular weight is 1230 g/mol. The molecular formula is C61H112O24. The maximum absolute atomic E-state index is 15.5.